The number of fused-ring (bicyclic) bond motifs is 1. The molecular weight excluding hydrogens is 301 g/mol. The largest absolute Gasteiger partial charge is 0.416 e. The van der Waals surface area contributed by atoms with E-state index in [0.717, 1.165) is 28.5 Å². The van der Waals surface area contributed by atoms with Crippen LogP contribution in [-0.4, -0.2) is 6.21 Å². The molecule has 0 spiro atoms. The number of hydrogen-bond acceptors (Lipinski definition) is 2. The summed E-state index contributed by atoms with van der Waals surface area (Å²) in [6.45, 7) is 0. The van der Waals surface area contributed by atoms with Gasteiger partial charge in [-0.3, -0.25) is 5.43 Å². The fraction of sp³-hybridized carbons (Fsp3) is 0.0556. The average molecular weight is 314 g/mol. The van der Waals surface area contributed by atoms with Crippen LogP contribution in [0.5, 0.6) is 0 Å². The van der Waals surface area contributed by atoms with Crippen LogP contribution in [0.2, 0.25) is 0 Å². The number of rotatable bonds is 3. The Morgan fingerprint density at radius 2 is 1.61 bits per heavy atom. The van der Waals surface area contributed by atoms with Gasteiger partial charge in [0.25, 0.3) is 0 Å². The average Bonchev–Trinajstić information content (AvgIpc) is 2.55. The van der Waals surface area contributed by atoms with Crippen molar-refractivity contribution in [3.05, 3.63) is 77.9 Å². The van der Waals surface area contributed by atoms with E-state index < -0.39 is 11.7 Å². The molecule has 0 aliphatic carbocycles. The van der Waals surface area contributed by atoms with Gasteiger partial charge in [-0.2, -0.15) is 18.3 Å². The van der Waals surface area contributed by atoms with Gasteiger partial charge >= 0.3 is 6.18 Å². The Bertz CT molecular complexity index is 849. The molecule has 2 nitrogen and oxygen atoms in total. The fourth-order valence-electron chi connectivity index (χ4n) is 2.30. The molecule has 0 saturated carbocycles. The van der Waals surface area contributed by atoms with Crippen molar-refractivity contribution in [3.8, 4) is 0 Å². The molecule has 0 radical (unpaired) electrons. The zero-order chi connectivity index (χ0) is 16.3. The van der Waals surface area contributed by atoms with E-state index in [-0.39, 0.29) is 5.69 Å². The van der Waals surface area contributed by atoms with E-state index in [1.165, 1.54) is 12.1 Å². The second-order valence-electron chi connectivity index (χ2n) is 5.02. The lowest BCUT2D eigenvalue weighted by Crippen LogP contribution is -2.05. The van der Waals surface area contributed by atoms with Gasteiger partial charge in [0.2, 0.25) is 0 Å². The number of anilines is 1. The molecule has 116 valence electrons. The van der Waals surface area contributed by atoms with E-state index in [0.29, 0.717) is 0 Å². The lowest BCUT2D eigenvalue weighted by molar-refractivity contribution is -0.137. The van der Waals surface area contributed by atoms with Gasteiger partial charge in [0.15, 0.2) is 0 Å². The molecule has 1 N–H and O–H groups in total. The molecular formula is C18H13F3N2. The van der Waals surface area contributed by atoms with E-state index in [4.69, 9.17) is 0 Å². The molecule has 0 bridgehead atoms. The van der Waals surface area contributed by atoms with Crippen LogP contribution >= 0.6 is 0 Å². The van der Waals surface area contributed by atoms with E-state index in [2.05, 4.69) is 10.5 Å². The maximum absolute atomic E-state index is 12.7. The van der Waals surface area contributed by atoms with Gasteiger partial charge in [-0.15, -0.1) is 0 Å². The number of nitrogens with one attached hydrogen (secondary N) is 1. The maximum Gasteiger partial charge on any atom is 0.416 e. The van der Waals surface area contributed by atoms with Crippen LogP contribution < -0.4 is 5.43 Å². The van der Waals surface area contributed by atoms with Gasteiger partial charge in [-0.05, 0) is 29.0 Å². The first kappa shape index (κ1) is 15.1. The van der Waals surface area contributed by atoms with Crippen molar-refractivity contribution in [1.82, 2.24) is 0 Å². The SMILES string of the molecule is FC(F)(F)c1cccc(NN=Cc2cccc3ccccc23)c1. The number of hydrogen-bond donors (Lipinski definition) is 1. The van der Waals surface area contributed by atoms with Crippen LogP contribution in [0.15, 0.2) is 71.8 Å². The number of benzene rings is 3. The Hall–Kier alpha value is -2.82. The standard InChI is InChI=1S/C18H13F3N2/c19-18(20,21)15-8-4-9-16(11-15)23-22-12-14-7-3-6-13-5-1-2-10-17(13)14/h1-12,23H. The fourth-order valence-corrected chi connectivity index (χ4v) is 2.30. The Balaban J connectivity index is 1.81. The van der Waals surface area contributed by atoms with Gasteiger partial charge < -0.3 is 0 Å². The van der Waals surface area contributed by atoms with Crippen LogP contribution in [0.1, 0.15) is 11.1 Å². The summed E-state index contributed by atoms with van der Waals surface area (Å²) in [6.07, 6.45) is -2.76. The first-order chi connectivity index (χ1) is 11.0. The summed E-state index contributed by atoms with van der Waals surface area (Å²) in [5, 5.41) is 6.15. The third-order valence-corrected chi connectivity index (χ3v) is 3.41. The first-order valence-corrected chi connectivity index (χ1v) is 6.98. The van der Waals surface area contributed by atoms with Crippen molar-refractivity contribution >= 4 is 22.7 Å². The summed E-state index contributed by atoms with van der Waals surface area (Å²) in [5.41, 5.74) is 3.11. The predicted molar refractivity (Wildman–Crippen MR) is 86.6 cm³/mol. The number of halogens is 3. The molecule has 0 aliphatic rings. The van der Waals surface area contributed by atoms with Gasteiger partial charge in [0.05, 0.1) is 17.5 Å². The highest BCUT2D eigenvalue weighted by atomic mass is 19.4. The third kappa shape index (κ3) is 3.51. The predicted octanol–water partition coefficient (Wildman–Crippen LogP) is 5.30. The highest BCUT2D eigenvalue weighted by Gasteiger charge is 2.30. The normalized spacial score (nSPS) is 12.0. The van der Waals surface area contributed by atoms with Gasteiger partial charge in [-0.25, -0.2) is 0 Å². The molecule has 0 fully saturated rings. The van der Waals surface area contributed by atoms with Gasteiger partial charge in [-0.1, -0.05) is 48.5 Å². The van der Waals surface area contributed by atoms with Crippen LogP contribution in [0, 0.1) is 0 Å². The lowest BCUT2D eigenvalue weighted by Gasteiger charge is -2.08. The maximum atomic E-state index is 12.7. The minimum atomic E-state index is -4.36. The summed E-state index contributed by atoms with van der Waals surface area (Å²) in [5.74, 6) is 0. The molecule has 0 unspecified atom stereocenters. The monoisotopic (exact) mass is 314 g/mol. The summed E-state index contributed by atoms with van der Waals surface area (Å²) < 4.78 is 38.0. The lowest BCUT2D eigenvalue weighted by atomic mass is 10.1. The quantitative estimate of drug-likeness (QED) is 0.514. The van der Waals surface area contributed by atoms with Crippen molar-refractivity contribution in [2.24, 2.45) is 5.10 Å². The topological polar surface area (TPSA) is 24.4 Å². The zero-order valence-corrected chi connectivity index (χ0v) is 12.0. The van der Waals surface area contributed by atoms with E-state index in [9.17, 15) is 13.2 Å². The molecule has 0 aromatic heterocycles. The van der Waals surface area contributed by atoms with Crippen LogP contribution in [0.3, 0.4) is 0 Å². The Kier molecular flexibility index (Phi) is 4.02. The molecule has 0 aliphatic heterocycles. The number of hydrazone groups is 1. The highest BCUT2D eigenvalue weighted by Crippen LogP contribution is 2.30. The van der Waals surface area contributed by atoms with E-state index in [1.54, 1.807) is 6.21 Å². The molecule has 0 amide bonds. The summed E-state index contributed by atoms with van der Waals surface area (Å²) >= 11 is 0. The van der Waals surface area contributed by atoms with Crippen LogP contribution in [0.25, 0.3) is 10.8 Å². The van der Waals surface area contributed by atoms with Crippen molar-refractivity contribution in [3.63, 3.8) is 0 Å². The smallest absolute Gasteiger partial charge is 0.278 e. The van der Waals surface area contributed by atoms with Crippen LogP contribution in [-0.2, 0) is 6.18 Å². The molecule has 23 heavy (non-hydrogen) atoms. The second-order valence-corrected chi connectivity index (χ2v) is 5.02. The Labute approximate surface area is 131 Å². The molecule has 5 heteroatoms. The zero-order valence-electron chi connectivity index (χ0n) is 12.0. The van der Waals surface area contributed by atoms with E-state index >= 15 is 0 Å². The number of nitrogens with zero attached hydrogens (tertiary/aromatic N) is 1. The van der Waals surface area contributed by atoms with Gasteiger partial charge in [0, 0.05) is 5.56 Å². The third-order valence-electron chi connectivity index (χ3n) is 3.41. The Morgan fingerprint density at radius 1 is 0.870 bits per heavy atom. The molecule has 0 heterocycles. The summed E-state index contributed by atoms with van der Waals surface area (Å²) in [4.78, 5) is 0. The first-order valence-electron chi connectivity index (χ1n) is 6.98. The highest BCUT2D eigenvalue weighted by molar-refractivity contribution is 5.99. The second kappa shape index (κ2) is 6.12. The summed E-state index contributed by atoms with van der Waals surface area (Å²) in [6, 6.07) is 18.6. The van der Waals surface area contributed by atoms with Crippen molar-refractivity contribution in [2.75, 3.05) is 5.43 Å². The molecule has 3 aromatic rings. The minimum Gasteiger partial charge on any atom is -0.278 e. The molecule has 3 aromatic carbocycles. The van der Waals surface area contributed by atoms with Crippen molar-refractivity contribution in [1.29, 1.82) is 0 Å². The Morgan fingerprint density at radius 3 is 2.43 bits per heavy atom. The minimum absolute atomic E-state index is 0.288. The number of alkyl halides is 3. The van der Waals surface area contributed by atoms with E-state index in [1.807, 2.05) is 42.5 Å². The molecule has 0 atom stereocenters. The van der Waals surface area contributed by atoms with Crippen LogP contribution in [0.4, 0.5) is 18.9 Å². The van der Waals surface area contributed by atoms with Gasteiger partial charge in [0.1, 0.15) is 0 Å². The molecule has 0 saturated heterocycles. The van der Waals surface area contributed by atoms with Crippen molar-refractivity contribution in [2.45, 2.75) is 6.18 Å². The van der Waals surface area contributed by atoms with Crippen molar-refractivity contribution < 1.29 is 13.2 Å². The molecule has 3 rings (SSSR count). The summed E-state index contributed by atoms with van der Waals surface area (Å²) in [7, 11) is 0.